The molecule has 3 atom stereocenters. The van der Waals surface area contributed by atoms with E-state index in [0.29, 0.717) is 0 Å². The molecular formula is C16H31ClN2O3. The molecule has 2 rings (SSSR count). The zero-order valence-electron chi connectivity index (χ0n) is 14.2. The van der Waals surface area contributed by atoms with Gasteiger partial charge in [-0.2, -0.15) is 0 Å². The average Bonchev–Trinajstić information content (AvgIpc) is 2.49. The zero-order valence-corrected chi connectivity index (χ0v) is 15.0. The highest BCUT2D eigenvalue weighted by Crippen LogP contribution is 2.45. The normalized spacial score (nSPS) is 29.1. The van der Waals surface area contributed by atoms with Crippen molar-refractivity contribution in [2.24, 2.45) is 17.1 Å². The summed E-state index contributed by atoms with van der Waals surface area (Å²) in [4.78, 5) is 14.5. The lowest BCUT2D eigenvalue weighted by atomic mass is 9.63. The summed E-state index contributed by atoms with van der Waals surface area (Å²) in [5.74, 6) is 0.314. The van der Waals surface area contributed by atoms with Crippen molar-refractivity contribution in [2.45, 2.75) is 58.2 Å². The Bertz CT molecular complexity index is 372. The number of carbonyl (C=O) groups excluding carboxylic acids is 1. The Morgan fingerprint density at radius 2 is 2.00 bits per heavy atom. The van der Waals surface area contributed by atoms with Crippen LogP contribution < -0.4 is 5.73 Å². The maximum Gasteiger partial charge on any atom is 0.239 e. The lowest BCUT2D eigenvalue weighted by molar-refractivity contribution is -0.165. The number of hydrogen-bond acceptors (Lipinski definition) is 4. The zero-order chi connectivity index (χ0) is 15.6. The summed E-state index contributed by atoms with van der Waals surface area (Å²) in [6.45, 7) is 8.52. The number of hydrogen-bond donors (Lipinski definition) is 1. The Morgan fingerprint density at radius 3 is 2.50 bits per heavy atom. The van der Waals surface area contributed by atoms with Gasteiger partial charge < -0.3 is 20.1 Å². The van der Waals surface area contributed by atoms with Crippen molar-refractivity contribution >= 4 is 18.3 Å². The molecule has 5 nitrogen and oxygen atoms in total. The lowest BCUT2D eigenvalue weighted by Gasteiger charge is -2.55. The predicted octanol–water partition coefficient (Wildman–Crippen LogP) is 1.82. The summed E-state index contributed by atoms with van der Waals surface area (Å²) in [7, 11) is 1.89. The molecule has 0 radical (unpaired) electrons. The topological polar surface area (TPSA) is 64.8 Å². The van der Waals surface area contributed by atoms with Gasteiger partial charge >= 0.3 is 0 Å². The Labute approximate surface area is 140 Å². The van der Waals surface area contributed by atoms with Crippen molar-refractivity contribution in [1.29, 1.82) is 0 Å². The highest BCUT2D eigenvalue weighted by molar-refractivity contribution is 5.85. The van der Waals surface area contributed by atoms with Crippen LogP contribution in [0.4, 0.5) is 0 Å². The SMILES string of the molecule is CCOC1CC(N(C)C(=O)C(N)C2CCOCC2)C1(C)C.Cl. The minimum Gasteiger partial charge on any atom is -0.381 e. The van der Waals surface area contributed by atoms with Crippen molar-refractivity contribution in [3.63, 3.8) is 0 Å². The summed E-state index contributed by atoms with van der Waals surface area (Å²) in [5, 5.41) is 0. The van der Waals surface area contributed by atoms with Gasteiger partial charge in [0.05, 0.1) is 12.1 Å². The number of amides is 1. The maximum atomic E-state index is 12.6. The molecule has 2 N–H and O–H groups in total. The monoisotopic (exact) mass is 334 g/mol. The molecule has 22 heavy (non-hydrogen) atoms. The molecule has 1 saturated carbocycles. The van der Waals surface area contributed by atoms with E-state index in [1.54, 1.807) is 0 Å². The summed E-state index contributed by atoms with van der Waals surface area (Å²) < 4.78 is 11.1. The third-order valence-electron chi connectivity index (χ3n) is 5.37. The van der Waals surface area contributed by atoms with Gasteiger partial charge in [0.1, 0.15) is 0 Å². The van der Waals surface area contributed by atoms with Crippen molar-refractivity contribution < 1.29 is 14.3 Å². The number of carbonyl (C=O) groups is 1. The van der Waals surface area contributed by atoms with Gasteiger partial charge in [0.15, 0.2) is 0 Å². The molecule has 0 aromatic rings. The third-order valence-corrected chi connectivity index (χ3v) is 5.37. The van der Waals surface area contributed by atoms with Crippen molar-refractivity contribution in [3.8, 4) is 0 Å². The molecule has 0 aromatic heterocycles. The van der Waals surface area contributed by atoms with Gasteiger partial charge in [0.25, 0.3) is 0 Å². The molecule has 0 bridgehead atoms. The van der Waals surface area contributed by atoms with Crippen LogP contribution in [0.2, 0.25) is 0 Å². The number of nitrogens with zero attached hydrogens (tertiary/aromatic N) is 1. The number of likely N-dealkylation sites (N-methyl/N-ethyl adjacent to an activating group) is 1. The molecule has 2 aliphatic rings. The molecule has 0 spiro atoms. The minimum atomic E-state index is -0.402. The van der Waals surface area contributed by atoms with Crippen molar-refractivity contribution in [2.75, 3.05) is 26.9 Å². The van der Waals surface area contributed by atoms with Crippen LogP contribution in [-0.4, -0.2) is 55.9 Å². The Kier molecular flexibility index (Phi) is 7.12. The van der Waals surface area contributed by atoms with E-state index in [0.717, 1.165) is 39.1 Å². The van der Waals surface area contributed by atoms with Crippen LogP contribution in [0.5, 0.6) is 0 Å². The summed E-state index contributed by atoms with van der Waals surface area (Å²) in [6, 6.07) is -0.187. The molecule has 0 aromatic carbocycles. The molecule has 1 aliphatic heterocycles. The minimum absolute atomic E-state index is 0. The highest BCUT2D eigenvalue weighted by atomic mass is 35.5. The predicted molar refractivity (Wildman–Crippen MR) is 89.1 cm³/mol. The third kappa shape index (κ3) is 3.75. The van der Waals surface area contributed by atoms with E-state index in [2.05, 4.69) is 13.8 Å². The van der Waals surface area contributed by atoms with E-state index in [1.807, 2.05) is 18.9 Å². The van der Waals surface area contributed by atoms with Crippen LogP contribution in [0, 0.1) is 11.3 Å². The number of nitrogens with two attached hydrogens (primary N) is 1. The fourth-order valence-corrected chi connectivity index (χ4v) is 3.67. The standard InChI is InChI=1S/C16H30N2O3.ClH/c1-5-21-13-10-12(16(13,2)3)18(4)15(19)14(17)11-6-8-20-9-7-11;/h11-14H,5-10,17H2,1-4H3;1H. The van der Waals surface area contributed by atoms with E-state index in [1.165, 1.54) is 0 Å². The largest absolute Gasteiger partial charge is 0.381 e. The lowest BCUT2D eigenvalue weighted by Crippen LogP contribution is -2.64. The van der Waals surface area contributed by atoms with Crippen molar-refractivity contribution in [3.05, 3.63) is 0 Å². The summed E-state index contributed by atoms with van der Waals surface area (Å²) in [5.41, 5.74) is 6.21. The fourth-order valence-electron chi connectivity index (χ4n) is 3.67. The van der Waals surface area contributed by atoms with E-state index in [-0.39, 0.29) is 41.8 Å². The average molecular weight is 335 g/mol. The van der Waals surface area contributed by atoms with Gasteiger partial charge in [-0.25, -0.2) is 0 Å². The van der Waals surface area contributed by atoms with Gasteiger partial charge in [0.2, 0.25) is 5.91 Å². The van der Waals surface area contributed by atoms with Gasteiger partial charge in [-0.3, -0.25) is 4.79 Å². The molecule has 1 heterocycles. The van der Waals surface area contributed by atoms with E-state index >= 15 is 0 Å². The van der Waals surface area contributed by atoms with Crippen LogP contribution in [-0.2, 0) is 14.3 Å². The Hall–Kier alpha value is -0.360. The molecule has 1 amide bonds. The fraction of sp³-hybridized carbons (Fsp3) is 0.938. The first kappa shape index (κ1) is 19.7. The molecule has 6 heteroatoms. The molecule has 1 aliphatic carbocycles. The van der Waals surface area contributed by atoms with E-state index in [9.17, 15) is 4.79 Å². The van der Waals surface area contributed by atoms with E-state index in [4.69, 9.17) is 15.2 Å². The second kappa shape index (κ2) is 7.95. The molecule has 2 fully saturated rings. The van der Waals surface area contributed by atoms with Gasteiger partial charge in [-0.05, 0) is 32.1 Å². The van der Waals surface area contributed by atoms with Crippen LogP contribution in [0.1, 0.15) is 40.0 Å². The molecule has 3 unspecified atom stereocenters. The number of ether oxygens (including phenoxy) is 2. The van der Waals surface area contributed by atoms with Gasteiger partial charge in [-0.15, -0.1) is 12.4 Å². The van der Waals surface area contributed by atoms with Gasteiger partial charge in [0, 0.05) is 38.3 Å². The first-order valence-corrected chi connectivity index (χ1v) is 8.11. The van der Waals surface area contributed by atoms with Crippen LogP contribution in [0.15, 0.2) is 0 Å². The second-order valence-corrected chi connectivity index (χ2v) is 6.94. The van der Waals surface area contributed by atoms with Gasteiger partial charge in [-0.1, -0.05) is 13.8 Å². The number of halogens is 1. The molecule has 1 saturated heterocycles. The first-order valence-electron chi connectivity index (χ1n) is 8.11. The van der Waals surface area contributed by atoms with E-state index < -0.39 is 6.04 Å². The van der Waals surface area contributed by atoms with Crippen LogP contribution in [0.25, 0.3) is 0 Å². The highest BCUT2D eigenvalue weighted by Gasteiger charge is 2.52. The van der Waals surface area contributed by atoms with Crippen LogP contribution >= 0.6 is 12.4 Å². The first-order chi connectivity index (χ1) is 9.89. The summed E-state index contributed by atoms with van der Waals surface area (Å²) >= 11 is 0. The quantitative estimate of drug-likeness (QED) is 0.833. The molecule has 130 valence electrons. The smallest absolute Gasteiger partial charge is 0.239 e. The second-order valence-electron chi connectivity index (χ2n) is 6.94. The van der Waals surface area contributed by atoms with Crippen molar-refractivity contribution in [1.82, 2.24) is 4.90 Å². The van der Waals surface area contributed by atoms with Crippen LogP contribution in [0.3, 0.4) is 0 Å². The molecular weight excluding hydrogens is 304 g/mol. The summed E-state index contributed by atoms with van der Waals surface area (Å²) in [6.07, 6.45) is 2.91. The Balaban J connectivity index is 0.00000242. The maximum absolute atomic E-state index is 12.6. The Morgan fingerprint density at radius 1 is 1.41 bits per heavy atom. The number of rotatable bonds is 5.